The van der Waals surface area contributed by atoms with E-state index in [4.69, 9.17) is 0 Å². The maximum Gasteiger partial charge on any atom is 0.0950 e. The highest BCUT2D eigenvalue weighted by molar-refractivity contribution is 5.82. The van der Waals surface area contributed by atoms with Crippen LogP contribution in [0.4, 0.5) is 28.4 Å². The zero-order chi connectivity index (χ0) is 18.8. The van der Waals surface area contributed by atoms with Crippen LogP contribution in [-0.4, -0.2) is 27.4 Å². The average Bonchev–Trinajstić information content (AvgIpc) is 3.04. The molecule has 0 amide bonds. The maximum absolute atomic E-state index is 3.55. The SMILES string of the molecule is Cc1ccccc1N(C)CNc1cccc(N2CN(C)c3ccccc32)c1. The standard InChI is InChI=1S/C23H26N4/c1-18-9-4-5-12-21(18)25(2)16-24-19-10-8-11-20(15-19)27-17-26(3)22-13-6-7-14-23(22)27/h4-15,24H,16-17H2,1-3H3. The van der Waals surface area contributed by atoms with Gasteiger partial charge in [0.15, 0.2) is 0 Å². The molecule has 0 spiro atoms. The van der Waals surface area contributed by atoms with Crippen LogP contribution < -0.4 is 20.0 Å². The normalized spacial score (nSPS) is 12.9. The summed E-state index contributed by atoms with van der Waals surface area (Å²) in [5, 5.41) is 3.55. The van der Waals surface area contributed by atoms with E-state index >= 15 is 0 Å². The van der Waals surface area contributed by atoms with Crippen LogP contribution in [0.25, 0.3) is 0 Å². The zero-order valence-corrected chi connectivity index (χ0v) is 16.2. The Morgan fingerprint density at radius 1 is 0.926 bits per heavy atom. The Balaban J connectivity index is 1.50. The molecule has 4 heteroatoms. The number of aryl methyl sites for hydroxylation is 1. The Bertz CT molecular complexity index is 937. The van der Waals surface area contributed by atoms with Crippen LogP contribution in [0.5, 0.6) is 0 Å². The second kappa shape index (κ2) is 7.23. The Kier molecular flexibility index (Phi) is 4.63. The topological polar surface area (TPSA) is 21.8 Å². The van der Waals surface area contributed by atoms with Crippen LogP contribution in [0.15, 0.2) is 72.8 Å². The zero-order valence-electron chi connectivity index (χ0n) is 16.2. The number of nitrogens with zero attached hydrogens (tertiary/aromatic N) is 3. The Morgan fingerprint density at radius 2 is 1.67 bits per heavy atom. The summed E-state index contributed by atoms with van der Waals surface area (Å²) in [6, 6.07) is 25.7. The molecular formula is C23H26N4. The molecule has 4 rings (SSSR count). The lowest BCUT2D eigenvalue weighted by molar-refractivity contribution is 0.948. The predicted molar refractivity (Wildman–Crippen MR) is 116 cm³/mol. The average molecular weight is 358 g/mol. The van der Waals surface area contributed by atoms with Crippen molar-refractivity contribution in [1.82, 2.24) is 0 Å². The van der Waals surface area contributed by atoms with Gasteiger partial charge in [-0.2, -0.15) is 0 Å². The van der Waals surface area contributed by atoms with Gasteiger partial charge in [-0.15, -0.1) is 0 Å². The smallest absolute Gasteiger partial charge is 0.0950 e. The minimum Gasteiger partial charge on any atom is -0.368 e. The summed E-state index contributed by atoms with van der Waals surface area (Å²) in [6.07, 6.45) is 0. The number of fused-ring (bicyclic) bond motifs is 1. The first-order chi connectivity index (χ1) is 13.1. The first kappa shape index (κ1) is 17.3. The van der Waals surface area contributed by atoms with Crippen LogP contribution in [0.3, 0.4) is 0 Å². The molecule has 3 aromatic rings. The van der Waals surface area contributed by atoms with Crippen molar-refractivity contribution < 1.29 is 0 Å². The van der Waals surface area contributed by atoms with Gasteiger partial charge in [-0.1, -0.05) is 36.4 Å². The van der Waals surface area contributed by atoms with Crippen molar-refractivity contribution in [2.45, 2.75) is 6.92 Å². The van der Waals surface area contributed by atoms with Gasteiger partial charge in [0.05, 0.1) is 24.7 Å². The van der Waals surface area contributed by atoms with E-state index in [1.807, 2.05) is 0 Å². The third kappa shape index (κ3) is 3.43. The molecule has 0 saturated heterocycles. The molecule has 0 aliphatic carbocycles. The fourth-order valence-electron chi connectivity index (χ4n) is 3.67. The second-order valence-electron chi connectivity index (χ2n) is 7.13. The van der Waals surface area contributed by atoms with E-state index in [2.05, 4.69) is 114 Å². The van der Waals surface area contributed by atoms with Gasteiger partial charge in [0, 0.05) is 31.2 Å². The van der Waals surface area contributed by atoms with E-state index < -0.39 is 0 Å². The fourth-order valence-corrected chi connectivity index (χ4v) is 3.67. The Morgan fingerprint density at radius 3 is 2.48 bits per heavy atom. The Labute approximate surface area is 161 Å². The summed E-state index contributed by atoms with van der Waals surface area (Å²) in [6.45, 7) is 3.77. The minimum atomic E-state index is 0.755. The summed E-state index contributed by atoms with van der Waals surface area (Å²) in [5.74, 6) is 0. The molecule has 0 aromatic heterocycles. The van der Waals surface area contributed by atoms with E-state index in [1.165, 1.54) is 28.3 Å². The number of anilines is 5. The monoisotopic (exact) mass is 358 g/mol. The summed E-state index contributed by atoms with van der Waals surface area (Å²) in [5.41, 5.74) is 7.39. The van der Waals surface area contributed by atoms with Gasteiger partial charge < -0.3 is 20.0 Å². The molecule has 1 aliphatic rings. The number of rotatable bonds is 5. The maximum atomic E-state index is 3.55. The van der Waals surface area contributed by atoms with Crippen molar-refractivity contribution in [1.29, 1.82) is 0 Å². The first-order valence-electron chi connectivity index (χ1n) is 9.32. The summed E-state index contributed by atoms with van der Waals surface area (Å²) < 4.78 is 0. The highest BCUT2D eigenvalue weighted by Crippen LogP contribution is 2.39. The van der Waals surface area contributed by atoms with Crippen LogP contribution in [0, 0.1) is 6.92 Å². The lowest BCUT2D eigenvalue weighted by Gasteiger charge is -2.24. The summed E-state index contributed by atoms with van der Waals surface area (Å²) in [7, 11) is 4.25. The highest BCUT2D eigenvalue weighted by Gasteiger charge is 2.23. The fraction of sp³-hybridized carbons (Fsp3) is 0.217. The van der Waals surface area contributed by atoms with E-state index in [1.54, 1.807) is 0 Å². The van der Waals surface area contributed by atoms with Crippen LogP contribution in [0.2, 0.25) is 0 Å². The van der Waals surface area contributed by atoms with Gasteiger partial charge in [0.25, 0.3) is 0 Å². The molecule has 3 aromatic carbocycles. The van der Waals surface area contributed by atoms with Crippen LogP contribution >= 0.6 is 0 Å². The van der Waals surface area contributed by atoms with Crippen molar-refractivity contribution >= 4 is 28.4 Å². The summed E-state index contributed by atoms with van der Waals surface area (Å²) in [4.78, 5) is 6.87. The molecule has 27 heavy (non-hydrogen) atoms. The number of hydrogen-bond donors (Lipinski definition) is 1. The molecule has 0 unspecified atom stereocenters. The van der Waals surface area contributed by atoms with E-state index in [9.17, 15) is 0 Å². The van der Waals surface area contributed by atoms with E-state index in [0.717, 1.165) is 19.0 Å². The molecule has 1 heterocycles. The lowest BCUT2D eigenvalue weighted by atomic mass is 10.2. The molecule has 0 fully saturated rings. The number of hydrogen-bond acceptors (Lipinski definition) is 4. The number of para-hydroxylation sites is 3. The molecule has 4 nitrogen and oxygen atoms in total. The van der Waals surface area contributed by atoms with E-state index in [0.29, 0.717) is 0 Å². The first-order valence-corrected chi connectivity index (χ1v) is 9.32. The van der Waals surface area contributed by atoms with Crippen molar-refractivity contribution in [3.05, 3.63) is 78.4 Å². The third-order valence-electron chi connectivity index (χ3n) is 5.14. The molecule has 0 atom stereocenters. The number of benzene rings is 3. The van der Waals surface area contributed by atoms with Crippen molar-refractivity contribution in [2.24, 2.45) is 0 Å². The quantitative estimate of drug-likeness (QED) is 0.645. The van der Waals surface area contributed by atoms with Crippen molar-refractivity contribution in [2.75, 3.05) is 47.4 Å². The van der Waals surface area contributed by atoms with E-state index in [-0.39, 0.29) is 0 Å². The van der Waals surface area contributed by atoms with Gasteiger partial charge in [0.1, 0.15) is 0 Å². The molecule has 1 aliphatic heterocycles. The van der Waals surface area contributed by atoms with Crippen LogP contribution in [-0.2, 0) is 0 Å². The second-order valence-corrected chi connectivity index (χ2v) is 7.13. The van der Waals surface area contributed by atoms with Gasteiger partial charge in [-0.3, -0.25) is 0 Å². The predicted octanol–water partition coefficient (Wildman–Crippen LogP) is 5.05. The highest BCUT2D eigenvalue weighted by atomic mass is 15.4. The Hall–Kier alpha value is -3.14. The number of nitrogens with one attached hydrogen (secondary N) is 1. The van der Waals surface area contributed by atoms with Gasteiger partial charge in [-0.05, 0) is 48.9 Å². The molecule has 1 N–H and O–H groups in total. The molecule has 0 saturated carbocycles. The molecule has 0 bridgehead atoms. The lowest BCUT2D eigenvalue weighted by Crippen LogP contribution is -2.26. The van der Waals surface area contributed by atoms with Gasteiger partial charge >= 0.3 is 0 Å². The molecule has 0 radical (unpaired) electrons. The van der Waals surface area contributed by atoms with Crippen molar-refractivity contribution in [3.63, 3.8) is 0 Å². The van der Waals surface area contributed by atoms with Gasteiger partial charge in [0.2, 0.25) is 0 Å². The minimum absolute atomic E-state index is 0.755. The largest absolute Gasteiger partial charge is 0.368 e. The van der Waals surface area contributed by atoms with Gasteiger partial charge in [-0.25, -0.2) is 0 Å². The summed E-state index contributed by atoms with van der Waals surface area (Å²) >= 11 is 0. The third-order valence-corrected chi connectivity index (χ3v) is 5.14. The van der Waals surface area contributed by atoms with Crippen molar-refractivity contribution in [3.8, 4) is 0 Å². The van der Waals surface area contributed by atoms with Crippen LogP contribution in [0.1, 0.15) is 5.56 Å². The molecular weight excluding hydrogens is 332 g/mol. The molecule has 138 valence electrons.